The van der Waals surface area contributed by atoms with Crippen LogP contribution < -0.4 is 26.1 Å². The summed E-state index contributed by atoms with van der Waals surface area (Å²) in [4.78, 5) is 25.3. The molecule has 0 aliphatic carbocycles. The monoisotopic (exact) mass is 492 g/mol. The largest absolute Gasteiger partial charge is 0.454 e. The second-order valence-corrected chi connectivity index (χ2v) is 8.36. The van der Waals surface area contributed by atoms with Crippen LogP contribution in [0.2, 0.25) is 0 Å². The van der Waals surface area contributed by atoms with Crippen LogP contribution in [0.25, 0.3) is 34.2 Å². The lowest BCUT2D eigenvalue weighted by atomic mass is 10.1. The van der Waals surface area contributed by atoms with Gasteiger partial charge < -0.3 is 15.0 Å². The number of anilines is 2. The molecule has 37 heavy (non-hydrogen) atoms. The number of benzene rings is 2. The van der Waals surface area contributed by atoms with Crippen LogP contribution in [0.5, 0.6) is 11.5 Å². The minimum Gasteiger partial charge on any atom is -0.454 e. The molecular formula is C30H25FN4O2. The standard InChI is InChI=1S/C30H25FN4O2/c1-3-8-21-24(4-2)32-16-14-26(21)37-27-12-11-20(17-23(27)31)35-30-28-25(13-15-33-30)34-18-22(29(28)36)19-9-6-5-7-10-19/h4-18H,3H2,1-2H3,(H,33,35)(H,34,36)/b21-8+,24-4+. The Morgan fingerprint density at radius 2 is 1.84 bits per heavy atom. The quantitative estimate of drug-likeness (QED) is 0.320. The third-order valence-corrected chi connectivity index (χ3v) is 5.96. The number of fused-ring (bicyclic) bond motifs is 1. The van der Waals surface area contributed by atoms with Gasteiger partial charge in [-0.1, -0.05) is 49.4 Å². The number of nitrogens with one attached hydrogen (secondary N) is 2. The van der Waals surface area contributed by atoms with Crippen molar-refractivity contribution in [1.82, 2.24) is 15.0 Å². The van der Waals surface area contributed by atoms with Crippen LogP contribution in [-0.2, 0) is 0 Å². The van der Waals surface area contributed by atoms with Crippen molar-refractivity contribution in [1.29, 1.82) is 0 Å². The maximum Gasteiger partial charge on any atom is 0.200 e. The van der Waals surface area contributed by atoms with E-state index in [4.69, 9.17) is 4.74 Å². The van der Waals surface area contributed by atoms with Crippen LogP contribution in [0.1, 0.15) is 20.3 Å². The average molecular weight is 493 g/mol. The molecule has 0 aliphatic rings. The second-order valence-electron chi connectivity index (χ2n) is 8.36. The average Bonchev–Trinajstić information content (AvgIpc) is 2.92. The van der Waals surface area contributed by atoms with Gasteiger partial charge in [0.1, 0.15) is 11.6 Å². The Morgan fingerprint density at radius 3 is 2.59 bits per heavy atom. The van der Waals surface area contributed by atoms with Crippen LogP contribution in [0, 0.1) is 5.82 Å². The van der Waals surface area contributed by atoms with Gasteiger partial charge in [0.05, 0.1) is 16.3 Å². The number of ether oxygens (including phenoxy) is 1. The molecule has 5 aromatic rings. The number of halogens is 1. The number of rotatable bonds is 6. The molecule has 0 atom stereocenters. The van der Waals surface area contributed by atoms with Crippen LogP contribution in [-0.4, -0.2) is 15.0 Å². The van der Waals surface area contributed by atoms with Gasteiger partial charge in [0, 0.05) is 41.1 Å². The van der Waals surface area contributed by atoms with Gasteiger partial charge >= 0.3 is 0 Å². The normalized spacial score (nSPS) is 12.2. The van der Waals surface area contributed by atoms with Gasteiger partial charge in [-0.3, -0.25) is 9.78 Å². The number of hydrogen-bond acceptors (Lipinski definition) is 5. The van der Waals surface area contributed by atoms with Gasteiger partial charge in [0.25, 0.3) is 0 Å². The summed E-state index contributed by atoms with van der Waals surface area (Å²) in [5.74, 6) is 0.395. The maximum atomic E-state index is 15.1. The third-order valence-electron chi connectivity index (χ3n) is 5.96. The summed E-state index contributed by atoms with van der Waals surface area (Å²) in [6.45, 7) is 3.92. The van der Waals surface area contributed by atoms with Gasteiger partial charge in [0.15, 0.2) is 11.6 Å². The topological polar surface area (TPSA) is 79.9 Å². The van der Waals surface area contributed by atoms with E-state index in [1.54, 1.807) is 42.9 Å². The predicted molar refractivity (Wildman–Crippen MR) is 146 cm³/mol. The Balaban J connectivity index is 1.49. The molecule has 0 saturated heterocycles. The smallest absolute Gasteiger partial charge is 0.200 e. The summed E-state index contributed by atoms with van der Waals surface area (Å²) in [7, 11) is 0. The molecule has 0 saturated carbocycles. The molecule has 5 rings (SSSR count). The minimum atomic E-state index is -0.551. The highest BCUT2D eigenvalue weighted by molar-refractivity contribution is 5.93. The van der Waals surface area contributed by atoms with E-state index in [1.165, 1.54) is 6.07 Å². The van der Waals surface area contributed by atoms with Gasteiger partial charge in [-0.05, 0) is 43.2 Å². The predicted octanol–water partition coefficient (Wildman–Crippen LogP) is 5.65. The Kier molecular flexibility index (Phi) is 6.76. The first-order valence-electron chi connectivity index (χ1n) is 12.0. The fourth-order valence-electron chi connectivity index (χ4n) is 4.20. The molecule has 0 radical (unpaired) electrons. The maximum absolute atomic E-state index is 15.1. The zero-order valence-electron chi connectivity index (χ0n) is 20.5. The van der Waals surface area contributed by atoms with Crippen molar-refractivity contribution in [2.24, 2.45) is 0 Å². The van der Waals surface area contributed by atoms with E-state index in [1.807, 2.05) is 56.3 Å². The van der Waals surface area contributed by atoms with E-state index >= 15 is 4.39 Å². The molecule has 3 heterocycles. The Morgan fingerprint density at radius 1 is 1.03 bits per heavy atom. The van der Waals surface area contributed by atoms with Gasteiger partial charge in [0.2, 0.25) is 5.43 Å². The highest BCUT2D eigenvalue weighted by atomic mass is 19.1. The van der Waals surface area contributed by atoms with E-state index in [9.17, 15) is 4.79 Å². The number of hydrogen-bond donors (Lipinski definition) is 2. The van der Waals surface area contributed by atoms with E-state index in [0.29, 0.717) is 33.7 Å². The van der Waals surface area contributed by atoms with Crippen LogP contribution in [0.15, 0.2) is 84.0 Å². The Hall–Kier alpha value is -4.78. The number of H-pyrrole nitrogens is 1. The SMILES string of the molecule is C/C=c1/nccc(Oc2ccc(Nc3nccc4[nH]cc(-c5ccccc5)c(=O)c34)cc2F)/c1=C/CC. The molecule has 0 spiro atoms. The molecule has 3 aromatic heterocycles. The minimum absolute atomic E-state index is 0.0830. The molecule has 0 bridgehead atoms. The Labute approximate surface area is 212 Å². The van der Waals surface area contributed by atoms with Crippen LogP contribution in [0.4, 0.5) is 15.9 Å². The number of pyridine rings is 3. The molecule has 2 aromatic carbocycles. The number of aromatic nitrogens is 3. The lowest BCUT2D eigenvalue weighted by Gasteiger charge is -2.12. The van der Waals surface area contributed by atoms with Crippen molar-refractivity contribution in [3.63, 3.8) is 0 Å². The van der Waals surface area contributed by atoms with Crippen molar-refractivity contribution in [2.45, 2.75) is 20.3 Å². The molecule has 0 aliphatic heterocycles. The molecule has 2 N–H and O–H groups in total. The first-order valence-corrected chi connectivity index (χ1v) is 12.0. The van der Waals surface area contributed by atoms with E-state index < -0.39 is 5.82 Å². The molecule has 0 unspecified atom stereocenters. The zero-order chi connectivity index (χ0) is 25.8. The number of nitrogens with zero attached hydrogens (tertiary/aromatic N) is 2. The summed E-state index contributed by atoms with van der Waals surface area (Å²) in [5.41, 5.74) is 2.22. The summed E-state index contributed by atoms with van der Waals surface area (Å²) >= 11 is 0. The third kappa shape index (κ3) is 4.84. The second kappa shape index (κ2) is 10.5. The van der Waals surface area contributed by atoms with Crippen molar-refractivity contribution in [3.8, 4) is 22.6 Å². The van der Waals surface area contributed by atoms with Crippen LogP contribution >= 0.6 is 0 Å². The Bertz CT molecular complexity index is 1770. The van der Waals surface area contributed by atoms with Crippen molar-refractivity contribution in [3.05, 3.63) is 106 Å². The number of aromatic amines is 1. The highest BCUT2D eigenvalue weighted by Crippen LogP contribution is 2.28. The highest BCUT2D eigenvalue weighted by Gasteiger charge is 2.14. The van der Waals surface area contributed by atoms with Gasteiger partial charge in [-0.15, -0.1) is 0 Å². The van der Waals surface area contributed by atoms with Gasteiger partial charge in [-0.2, -0.15) is 0 Å². The summed E-state index contributed by atoms with van der Waals surface area (Å²) in [5, 5.41) is 5.09. The van der Waals surface area contributed by atoms with Crippen molar-refractivity contribution >= 4 is 34.6 Å². The molecule has 7 heteroatoms. The lowest BCUT2D eigenvalue weighted by molar-refractivity contribution is 0.438. The molecule has 184 valence electrons. The molecule has 0 amide bonds. The molecule has 6 nitrogen and oxygen atoms in total. The first kappa shape index (κ1) is 23.9. The first-order chi connectivity index (χ1) is 18.1. The molecular weight excluding hydrogens is 467 g/mol. The zero-order valence-corrected chi connectivity index (χ0v) is 20.5. The summed E-state index contributed by atoms with van der Waals surface area (Å²) < 4.78 is 21.1. The van der Waals surface area contributed by atoms with E-state index in [2.05, 4.69) is 20.3 Å². The fourth-order valence-corrected chi connectivity index (χ4v) is 4.20. The van der Waals surface area contributed by atoms with E-state index in [0.717, 1.165) is 22.6 Å². The van der Waals surface area contributed by atoms with Crippen molar-refractivity contribution < 1.29 is 9.13 Å². The van der Waals surface area contributed by atoms with E-state index in [-0.39, 0.29) is 11.2 Å². The summed E-state index contributed by atoms with van der Waals surface area (Å²) in [6.07, 6.45) is 9.60. The molecule has 0 fully saturated rings. The van der Waals surface area contributed by atoms with Gasteiger partial charge in [-0.25, -0.2) is 9.37 Å². The van der Waals surface area contributed by atoms with Crippen molar-refractivity contribution in [2.75, 3.05) is 5.32 Å². The van der Waals surface area contributed by atoms with Crippen LogP contribution in [0.3, 0.4) is 0 Å². The lowest BCUT2D eigenvalue weighted by Crippen LogP contribution is -2.28. The fraction of sp³-hybridized carbons (Fsp3) is 0.100. The summed E-state index contributed by atoms with van der Waals surface area (Å²) in [6, 6.07) is 17.4.